The monoisotopic (exact) mass is 454 g/mol. The topological polar surface area (TPSA) is 118 Å². The predicted octanol–water partition coefficient (Wildman–Crippen LogP) is 3.03. The fourth-order valence-electron chi connectivity index (χ4n) is 3.15. The highest BCUT2D eigenvalue weighted by Gasteiger charge is 2.17. The maximum absolute atomic E-state index is 13.6. The number of aliphatic hydroxyl groups excluding tert-OH is 1. The fourth-order valence-corrected chi connectivity index (χ4v) is 3.15. The van der Waals surface area contributed by atoms with Gasteiger partial charge in [0.15, 0.2) is 5.82 Å². The summed E-state index contributed by atoms with van der Waals surface area (Å²) in [5, 5.41) is 30.5. The number of rotatable bonds is 9. The van der Waals surface area contributed by atoms with E-state index >= 15 is 0 Å². The molecule has 0 spiro atoms. The van der Waals surface area contributed by atoms with Gasteiger partial charge in [-0.05, 0) is 58.8 Å². The minimum Gasteiger partial charge on any atom is -0.481 e. The number of carbonyl (C=O) groups excluding carboxylic acids is 1. The van der Waals surface area contributed by atoms with E-state index in [1.807, 2.05) is 0 Å². The summed E-state index contributed by atoms with van der Waals surface area (Å²) in [7, 11) is 0. The molecule has 33 heavy (non-hydrogen) atoms. The van der Waals surface area contributed by atoms with E-state index in [1.54, 1.807) is 6.92 Å². The Kier molecular flexibility index (Phi) is 7.52. The number of aromatic nitrogens is 4. The van der Waals surface area contributed by atoms with Gasteiger partial charge in [-0.15, -0.1) is 5.10 Å². The van der Waals surface area contributed by atoms with Crippen LogP contribution in [0.1, 0.15) is 29.8 Å². The Labute approximate surface area is 187 Å². The Bertz CT molecular complexity index is 1150. The Morgan fingerprint density at radius 1 is 1.03 bits per heavy atom. The number of aliphatic hydroxyl groups is 1. The lowest BCUT2D eigenvalue weighted by atomic mass is 9.95. The molecule has 0 aliphatic rings. The van der Waals surface area contributed by atoms with Crippen LogP contribution in [-0.2, 0) is 9.59 Å². The molecule has 10 heteroatoms. The first-order chi connectivity index (χ1) is 15.7. The van der Waals surface area contributed by atoms with Crippen LogP contribution >= 0.6 is 0 Å². The number of aliphatic carboxylic acids is 1. The molecule has 0 aliphatic heterocycles. The third kappa shape index (κ3) is 6.23. The number of aryl methyl sites for hydroxylation is 1. The van der Waals surface area contributed by atoms with E-state index in [4.69, 9.17) is 5.11 Å². The molecule has 0 bridgehead atoms. The van der Waals surface area contributed by atoms with Crippen LogP contribution in [0.3, 0.4) is 0 Å². The van der Waals surface area contributed by atoms with E-state index in [9.17, 15) is 23.5 Å². The summed E-state index contributed by atoms with van der Waals surface area (Å²) in [6.45, 7) is 1.65. The summed E-state index contributed by atoms with van der Waals surface area (Å²) in [5.74, 6) is -2.41. The average molecular weight is 454 g/mol. The molecule has 8 nitrogen and oxygen atoms in total. The molecule has 2 aromatic carbocycles. The molecule has 0 saturated carbocycles. The first-order valence-electron chi connectivity index (χ1n) is 9.86. The first kappa shape index (κ1) is 23.6. The van der Waals surface area contributed by atoms with Crippen molar-refractivity contribution in [3.05, 3.63) is 89.3 Å². The number of carbonyl (C=O) groups is 2. The second kappa shape index (κ2) is 10.5. The van der Waals surface area contributed by atoms with Crippen molar-refractivity contribution in [2.75, 3.05) is 0 Å². The molecule has 0 saturated heterocycles. The van der Waals surface area contributed by atoms with Crippen LogP contribution in [0.4, 0.5) is 8.78 Å². The molecule has 3 aromatic rings. The lowest BCUT2D eigenvalue weighted by Gasteiger charge is -2.15. The zero-order valence-corrected chi connectivity index (χ0v) is 17.5. The number of nitrogens with zero attached hydrogens (tertiary/aromatic N) is 4. The Morgan fingerprint density at radius 3 is 2.03 bits per heavy atom. The molecule has 0 fully saturated rings. The highest BCUT2D eigenvalue weighted by Crippen LogP contribution is 2.31. The van der Waals surface area contributed by atoms with Gasteiger partial charge in [-0.25, -0.2) is 8.78 Å². The molecule has 1 heterocycles. The van der Waals surface area contributed by atoms with Crippen molar-refractivity contribution in [1.29, 1.82) is 0 Å². The zero-order chi connectivity index (χ0) is 24.0. The average Bonchev–Trinajstić information content (AvgIpc) is 3.18. The van der Waals surface area contributed by atoms with Crippen LogP contribution in [0.25, 0.3) is 11.3 Å². The first-order valence-corrected chi connectivity index (χ1v) is 9.86. The van der Waals surface area contributed by atoms with Gasteiger partial charge in [-0.1, -0.05) is 30.3 Å². The summed E-state index contributed by atoms with van der Waals surface area (Å²) in [6.07, 6.45) is 0.419. The van der Waals surface area contributed by atoms with E-state index in [2.05, 4.69) is 15.5 Å². The highest BCUT2D eigenvalue weighted by atomic mass is 19.1. The molecular formula is C23H20F2N4O4. The molecule has 0 amide bonds. The largest absolute Gasteiger partial charge is 0.481 e. The van der Waals surface area contributed by atoms with Crippen molar-refractivity contribution >= 4 is 23.0 Å². The molecule has 2 N–H and O–H groups in total. The van der Waals surface area contributed by atoms with E-state index in [-0.39, 0.29) is 0 Å². The van der Waals surface area contributed by atoms with Crippen LogP contribution < -0.4 is 0 Å². The van der Waals surface area contributed by atoms with E-state index in [1.165, 1.54) is 65.4 Å². The number of carboxylic acid groups (broad SMARTS) is 1. The Morgan fingerprint density at radius 2 is 1.58 bits per heavy atom. The van der Waals surface area contributed by atoms with Gasteiger partial charge in [0.25, 0.3) is 0 Å². The maximum Gasteiger partial charge on any atom is 0.310 e. The molecule has 1 unspecified atom stereocenters. The van der Waals surface area contributed by atoms with Crippen molar-refractivity contribution in [3.63, 3.8) is 0 Å². The van der Waals surface area contributed by atoms with Gasteiger partial charge >= 0.3 is 5.97 Å². The molecule has 1 atom stereocenters. The molecular weight excluding hydrogens is 434 g/mol. The number of ketones is 1. The van der Waals surface area contributed by atoms with Gasteiger partial charge in [-0.3, -0.25) is 9.59 Å². The van der Waals surface area contributed by atoms with Crippen LogP contribution in [0.2, 0.25) is 0 Å². The molecule has 0 radical (unpaired) electrons. The molecule has 1 aromatic heterocycles. The summed E-state index contributed by atoms with van der Waals surface area (Å²) in [4.78, 5) is 22.4. The SMILES string of the molecule is Cc1nnnn1C(C=CC(O)CC(=O)CC(=O)O)=C(c1ccc(F)cc1)c1ccc(F)cc1. The van der Waals surface area contributed by atoms with Gasteiger partial charge in [0.2, 0.25) is 0 Å². The number of halogens is 2. The van der Waals surface area contributed by atoms with Crippen molar-refractivity contribution in [3.8, 4) is 0 Å². The molecule has 3 rings (SSSR count). The summed E-state index contributed by atoms with van der Waals surface area (Å²) < 4.78 is 28.6. The predicted molar refractivity (Wildman–Crippen MR) is 115 cm³/mol. The van der Waals surface area contributed by atoms with Crippen LogP contribution in [0.15, 0.2) is 60.7 Å². The lowest BCUT2D eigenvalue weighted by molar-refractivity contribution is -0.140. The fraction of sp³-hybridized carbons (Fsp3) is 0.174. The smallest absolute Gasteiger partial charge is 0.310 e. The minimum absolute atomic E-state index is 0.362. The van der Waals surface area contributed by atoms with E-state index in [0.29, 0.717) is 28.2 Å². The van der Waals surface area contributed by atoms with Gasteiger partial charge < -0.3 is 10.2 Å². The van der Waals surface area contributed by atoms with Crippen LogP contribution in [0.5, 0.6) is 0 Å². The van der Waals surface area contributed by atoms with Gasteiger partial charge in [0.1, 0.15) is 23.8 Å². The quantitative estimate of drug-likeness (QED) is 0.377. The van der Waals surface area contributed by atoms with Crippen molar-refractivity contribution in [2.24, 2.45) is 0 Å². The van der Waals surface area contributed by atoms with Crippen molar-refractivity contribution < 1.29 is 28.6 Å². The number of benzene rings is 2. The zero-order valence-electron chi connectivity index (χ0n) is 17.5. The number of allylic oxidation sites excluding steroid dienone is 2. The van der Waals surface area contributed by atoms with Gasteiger partial charge in [0.05, 0.1) is 11.8 Å². The number of hydrogen-bond donors (Lipinski definition) is 2. The second-order valence-electron chi connectivity index (χ2n) is 7.15. The summed E-state index contributed by atoms with van der Waals surface area (Å²) >= 11 is 0. The van der Waals surface area contributed by atoms with E-state index < -0.39 is 42.3 Å². The van der Waals surface area contributed by atoms with Crippen molar-refractivity contribution in [1.82, 2.24) is 20.2 Å². The number of carboxylic acids is 1. The minimum atomic E-state index is -1.28. The molecule has 0 aliphatic carbocycles. The van der Waals surface area contributed by atoms with Gasteiger partial charge in [-0.2, -0.15) is 4.68 Å². The lowest BCUT2D eigenvalue weighted by Crippen LogP contribution is -2.14. The van der Waals surface area contributed by atoms with E-state index in [0.717, 1.165) is 0 Å². The number of tetrazole rings is 1. The third-order valence-electron chi connectivity index (χ3n) is 4.64. The van der Waals surface area contributed by atoms with Gasteiger partial charge in [0, 0.05) is 12.0 Å². The summed E-state index contributed by atoms with van der Waals surface area (Å²) in [5.41, 5.74) is 1.99. The Hall–Kier alpha value is -4.05. The van der Waals surface area contributed by atoms with Crippen LogP contribution in [0, 0.1) is 18.6 Å². The molecule has 170 valence electrons. The number of Topliss-reactive ketones (excluding diaryl/α,β-unsaturated/α-hetero) is 1. The maximum atomic E-state index is 13.6. The Balaban J connectivity index is 2.14. The number of hydrogen-bond acceptors (Lipinski definition) is 6. The normalized spacial score (nSPS) is 12.0. The second-order valence-corrected chi connectivity index (χ2v) is 7.15. The third-order valence-corrected chi connectivity index (χ3v) is 4.64. The van der Waals surface area contributed by atoms with Crippen LogP contribution in [-0.4, -0.2) is 48.3 Å². The highest BCUT2D eigenvalue weighted by molar-refractivity contribution is 5.97. The van der Waals surface area contributed by atoms with Crippen molar-refractivity contribution in [2.45, 2.75) is 25.9 Å². The standard InChI is InChI=1S/C23H20F2N4O4/c1-14-26-27-28-29(14)21(11-10-19(30)12-20(31)13-22(32)33)23(15-2-6-17(24)7-3-15)16-4-8-18(25)9-5-16/h2-11,19,30H,12-13H2,1H3,(H,32,33). The summed E-state index contributed by atoms with van der Waals surface area (Å²) in [6, 6.07) is 11.2.